The minimum absolute atomic E-state index is 0.217. The summed E-state index contributed by atoms with van der Waals surface area (Å²) >= 11 is 1.59. The number of aromatic nitrogens is 2. The van der Waals surface area contributed by atoms with E-state index in [1.807, 2.05) is 30.6 Å². The average Bonchev–Trinajstić information content (AvgIpc) is 2.90. The first-order valence-corrected chi connectivity index (χ1v) is 7.09. The van der Waals surface area contributed by atoms with Crippen LogP contribution in [0.15, 0.2) is 35.1 Å². The van der Waals surface area contributed by atoms with Crippen LogP contribution in [0.25, 0.3) is 0 Å². The van der Waals surface area contributed by atoms with Gasteiger partial charge >= 0.3 is 0 Å². The van der Waals surface area contributed by atoms with Gasteiger partial charge in [-0.15, -0.1) is 11.3 Å². The van der Waals surface area contributed by atoms with Gasteiger partial charge in [-0.25, -0.2) is 4.98 Å². The van der Waals surface area contributed by atoms with Crippen LogP contribution in [0, 0.1) is 6.92 Å². The lowest BCUT2D eigenvalue weighted by Gasteiger charge is -2.21. The van der Waals surface area contributed by atoms with E-state index in [-0.39, 0.29) is 5.84 Å². The molecule has 0 atom stereocenters. The monoisotopic (exact) mass is 291 g/mol. The molecule has 0 saturated heterocycles. The predicted molar refractivity (Wildman–Crippen MR) is 80.2 cm³/mol. The Morgan fingerprint density at radius 3 is 3.00 bits per heavy atom. The molecular weight excluding hydrogens is 274 g/mol. The van der Waals surface area contributed by atoms with Crippen LogP contribution in [0.4, 0.5) is 5.13 Å². The van der Waals surface area contributed by atoms with Crippen molar-refractivity contribution in [3.8, 4) is 0 Å². The van der Waals surface area contributed by atoms with E-state index in [4.69, 9.17) is 10.9 Å². The molecule has 3 N–H and O–H groups in total. The Morgan fingerprint density at radius 1 is 1.55 bits per heavy atom. The molecule has 0 aromatic carbocycles. The summed E-state index contributed by atoms with van der Waals surface area (Å²) in [6.45, 7) is 3.29. The van der Waals surface area contributed by atoms with E-state index in [0.717, 1.165) is 16.4 Å². The third-order valence-electron chi connectivity index (χ3n) is 2.74. The Balaban J connectivity index is 2.11. The summed E-state index contributed by atoms with van der Waals surface area (Å²) in [5.41, 5.74) is 7.63. The molecule has 106 valence electrons. The summed E-state index contributed by atoms with van der Waals surface area (Å²) in [5.74, 6) is 0.217. The van der Waals surface area contributed by atoms with Crippen LogP contribution >= 0.6 is 11.3 Å². The molecule has 20 heavy (non-hydrogen) atoms. The van der Waals surface area contributed by atoms with Crippen LogP contribution in [0.2, 0.25) is 0 Å². The second-order valence-corrected chi connectivity index (χ2v) is 5.23. The largest absolute Gasteiger partial charge is 0.409 e. The van der Waals surface area contributed by atoms with Gasteiger partial charge in [0.15, 0.2) is 5.13 Å². The van der Waals surface area contributed by atoms with Crippen molar-refractivity contribution in [1.82, 2.24) is 9.97 Å². The molecule has 0 aliphatic heterocycles. The van der Waals surface area contributed by atoms with Crippen molar-refractivity contribution < 1.29 is 5.21 Å². The van der Waals surface area contributed by atoms with Crippen LogP contribution in [0.5, 0.6) is 0 Å². The fraction of sp³-hybridized carbons (Fsp3) is 0.308. The topological polar surface area (TPSA) is 87.6 Å². The number of nitrogens with two attached hydrogens (primary N) is 1. The number of aryl methyl sites for hydroxylation is 1. The van der Waals surface area contributed by atoms with Gasteiger partial charge in [0.1, 0.15) is 5.84 Å². The van der Waals surface area contributed by atoms with E-state index >= 15 is 0 Å². The van der Waals surface area contributed by atoms with Crippen molar-refractivity contribution >= 4 is 22.3 Å². The molecule has 0 aliphatic carbocycles. The van der Waals surface area contributed by atoms with Gasteiger partial charge in [-0.05, 0) is 18.6 Å². The number of amidine groups is 1. The predicted octanol–water partition coefficient (Wildman–Crippen LogP) is 1.99. The first kappa shape index (κ1) is 14.3. The van der Waals surface area contributed by atoms with Gasteiger partial charge in [0, 0.05) is 37.3 Å². The lowest BCUT2D eigenvalue weighted by atomic mass is 10.2. The minimum Gasteiger partial charge on any atom is -0.409 e. The fourth-order valence-corrected chi connectivity index (χ4v) is 2.57. The summed E-state index contributed by atoms with van der Waals surface area (Å²) in [6, 6.07) is 3.92. The molecule has 2 aromatic rings. The Labute approximate surface area is 121 Å². The fourth-order valence-electron chi connectivity index (χ4n) is 1.74. The summed E-state index contributed by atoms with van der Waals surface area (Å²) in [6.07, 6.45) is 4.06. The molecule has 0 unspecified atom stereocenters. The van der Waals surface area contributed by atoms with E-state index in [2.05, 4.69) is 20.0 Å². The molecule has 2 rings (SSSR count). The number of pyridine rings is 1. The van der Waals surface area contributed by atoms with Crippen LogP contribution in [0.3, 0.4) is 0 Å². The van der Waals surface area contributed by atoms with Crippen molar-refractivity contribution in [2.75, 3.05) is 11.4 Å². The Kier molecular flexibility index (Phi) is 4.89. The highest BCUT2D eigenvalue weighted by atomic mass is 32.1. The van der Waals surface area contributed by atoms with E-state index in [9.17, 15) is 0 Å². The smallest absolute Gasteiger partial charge is 0.185 e. The zero-order valence-electron chi connectivity index (χ0n) is 11.2. The van der Waals surface area contributed by atoms with E-state index in [1.54, 1.807) is 17.5 Å². The highest BCUT2D eigenvalue weighted by Crippen LogP contribution is 2.22. The highest BCUT2D eigenvalue weighted by molar-refractivity contribution is 7.13. The summed E-state index contributed by atoms with van der Waals surface area (Å²) in [5, 5.41) is 14.6. The molecule has 2 heterocycles. The van der Waals surface area contributed by atoms with Gasteiger partial charge in [-0.1, -0.05) is 11.2 Å². The summed E-state index contributed by atoms with van der Waals surface area (Å²) in [7, 11) is 0. The van der Waals surface area contributed by atoms with Gasteiger partial charge in [0.05, 0.1) is 5.69 Å². The SMILES string of the molecule is Cc1csc(N(CC/C(N)=N/O)Cc2cccnc2)n1. The molecule has 0 radical (unpaired) electrons. The maximum Gasteiger partial charge on any atom is 0.185 e. The molecule has 0 spiro atoms. The number of rotatable bonds is 6. The molecular formula is C13H17N5OS. The molecule has 2 aromatic heterocycles. The van der Waals surface area contributed by atoms with Crippen LogP contribution < -0.4 is 10.6 Å². The molecule has 0 fully saturated rings. The van der Waals surface area contributed by atoms with Crippen LogP contribution in [0.1, 0.15) is 17.7 Å². The van der Waals surface area contributed by atoms with Crippen molar-refractivity contribution in [3.63, 3.8) is 0 Å². The number of anilines is 1. The number of nitrogens with zero attached hydrogens (tertiary/aromatic N) is 4. The van der Waals surface area contributed by atoms with Crippen molar-refractivity contribution in [3.05, 3.63) is 41.2 Å². The van der Waals surface area contributed by atoms with E-state index in [0.29, 0.717) is 19.5 Å². The zero-order valence-corrected chi connectivity index (χ0v) is 12.0. The summed E-state index contributed by atoms with van der Waals surface area (Å²) < 4.78 is 0. The number of oxime groups is 1. The molecule has 6 nitrogen and oxygen atoms in total. The van der Waals surface area contributed by atoms with Gasteiger partial charge in [0.2, 0.25) is 0 Å². The van der Waals surface area contributed by atoms with Gasteiger partial charge in [-0.2, -0.15) is 0 Å². The maximum absolute atomic E-state index is 8.63. The Bertz CT molecular complexity index is 569. The first-order chi connectivity index (χ1) is 9.69. The first-order valence-electron chi connectivity index (χ1n) is 6.21. The van der Waals surface area contributed by atoms with Gasteiger partial charge < -0.3 is 15.8 Å². The van der Waals surface area contributed by atoms with Crippen molar-refractivity contribution in [2.45, 2.75) is 19.9 Å². The lowest BCUT2D eigenvalue weighted by Crippen LogP contribution is -2.27. The third kappa shape index (κ3) is 3.92. The molecule has 0 bridgehead atoms. The van der Waals surface area contributed by atoms with E-state index < -0.39 is 0 Å². The average molecular weight is 291 g/mol. The Morgan fingerprint density at radius 2 is 2.40 bits per heavy atom. The Hall–Kier alpha value is -2.15. The highest BCUT2D eigenvalue weighted by Gasteiger charge is 2.12. The maximum atomic E-state index is 8.63. The molecule has 7 heteroatoms. The zero-order chi connectivity index (χ0) is 14.4. The van der Waals surface area contributed by atoms with Crippen LogP contribution in [-0.2, 0) is 6.54 Å². The normalized spacial score (nSPS) is 11.6. The third-order valence-corrected chi connectivity index (χ3v) is 3.76. The molecule has 0 aliphatic rings. The van der Waals surface area contributed by atoms with Crippen molar-refractivity contribution in [2.24, 2.45) is 10.9 Å². The molecule has 0 amide bonds. The molecule has 0 saturated carbocycles. The quantitative estimate of drug-likeness (QED) is 0.368. The number of thiazole rings is 1. The van der Waals surface area contributed by atoms with Gasteiger partial charge in [0.25, 0.3) is 0 Å². The van der Waals surface area contributed by atoms with E-state index in [1.165, 1.54) is 0 Å². The second-order valence-electron chi connectivity index (χ2n) is 4.40. The van der Waals surface area contributed by atoms with Crippen molar-refractivity contribution in [1.29, 1.82) is 0 Å². The second kappa shape index (κ2) is 6.85. The van der Waals surface area contributed by atoms with Gasteiger partial charge in [-0.3, -0.25) is 4.98 Å². The number of hydrogen-bond donors (Lipinski definition) is 2. The minimum atomic E-state index is 0.217. The van der Waals surface area contributed by atoms with Crippen LogP contribution in [-0.4, -0.2) is 27.6 Å². The number of hydrogen-bond acceptors (Lipinski definition) is 6. The lowest BCUT2D eigenvalue weighted by molar-refractivity contribution is 0.317. The standard InChI is InChI=1S/C13H17N5OS/c1-10-9-20-13(16-10)18(6-4-12(14)17-19)8-11-3-2-5-15-7-11/h2-3,5,7,9,19H,4,6,8H2,1H3,(H2,14,17). The summed E-state index contributed by atoms with van der Waals surface area (Å²) in [4.78, 5) is 10.7.